The van der Waals surface area contributed by atoms with Crippen molar-refractivity contribution >= 4 is 17.7 Å². The van der Waals surface area contributed by atoms with Crippen LogP contribution >= 0.6 is 11.8 Å². The fourth-order valence-electron chi connectivity index (χ4n) is 2.49. The van der Waals surface area contributed by atoms with Gasteiger partial charge in [0.1, 0.15) is 6.26 Å². The molecule has 0 radical (unpaired) electrons. The second kappa shape index (κ2) is 4.30. The molecule has 2 aliphatic rings. The number of hydrogen-bond acceptors (Lipinski definition) is 5. The van der Waals surface area contributed by atoms with Crippen molar-refractivity contribution in [3.8, 4) is 0 Å². The zero-order valence-corrected chi connectivity index (χ0v) is 10.7. The van der Waals surface area contributed by atoms with Crippen molar-refractivity contribution in [2.24, 2.45) is 0 Å². The lowest BCUT2D eigenvalue weighted by Crippen LogP contribution is -2.43. The second-order valence-electron chi connectivity index (χ2n) is 4.38. The molecule has 0 aromatic heterocycles. The van der Waals surface area contributed by atoms with E-state index in [2.05, 4.69) is 6.26 Å². The van der Waals surface area contributed by atoms with Crippen molar-refractivity contribution in [1.29, 1.82) is 0 Å². The van der Waals surface area contributed by atoms with Crippen LogP contribution in [0.3, 0.4) is 0 Å². The Hall–Kier alpha value is -0.680. The van der Waals surface area contributed by atoms with Crippen LogP contribution in [0.2, 0.25) is 0 Å². The molecule has 0 aromatic carbocycles. The van der Waals surface area contributed by atoms with Crippen LogP contribution in [0.1, 0.15) is 19.8 Å². The molecule has 2 atom stereocenters. The molecule has 2 heterocycles. The minimum atomic E-state index is -0.298. The second-order valence-corrected chi connectivity index (χ2v) is 5.29. The Balaban J connectivity index is 2.16. The van der Waals surface area contributed by atoms with Gasteiger partial charge in [0.15, 0.2) is 0 Å². The summed E-state index contributed by atoms with van der Waals surface area (Å²) in [6.07, 6.45) is 5.63. The minimum absolute atomic E-state index is 0.283. The monoisotopic (exact) mass is 243 g/mol. The SMILES string of the molecule is COC(=O)C1=CON2[C@@H](CSC)CC[C@]12C. The van der Waals surface area contributed by atoms with Gasteiger partial charge in [-0.25, -0.2) is 4.79 Å². The van der Waals surface area contributed by atoms with Gasteiger partial charge in [-0.2, -0.15) is 11.8 Å². The molecule has 0 aliphatic carbocycles. The first-order chi connectivity index (χ1) is 7.63. The van der Waals surface area contributed by atoms with Crippen molar-refractivity contribution in [2.45, 2.75) is 31.3 Å². The molecular weight excluding hydrogens is 226 g/mol. The van der Waals surface area contributed by atoms with Gasteiger partial charge in [0.05, 0.1) is 24.3 Å². The Labute approximate surface area is 99.9 Å². The van der Waals surface area contributed by atoms with Gasteiger partial charge in [-0.3, -0.25) is 0 Å². The summed E-state index contributed by atoms with van der Waals surface area (Å²) in [5.74, 6) is 0.743. The summed E-state index contributed by atoms with van der Waals surface area (Å²) < 4.78 is 4.78. The molecule has 0 spiro atoms. The lowest BCUT2D eigenvalue weighted by molar-refractivity contribution is -0.146. The summed E-state index contributed by atoms with van der Waals surface area (Å²) >= 11 is 1.80. The van der Waals surface area contributed by atoms with E-state index in [4.69, 9.17) is 9.57 Å². The fraction of sp³-hybridized carbons (Fsp3) is 0.727. The van der Waals surface area contributed by atoms with E-state index in [0.29, 0.717) is 11.6 Å². The van der Waals surface area contributed by atoms with Gasteiger partial charge >= 0.3 is 5.97 Å². The summed E-state index contributed by atoms with van der Waals surface area (Å²) in [4.78, 5) is 17.2. The van der Waals surface area contributed by atoms with Crippen molar-refractivity contribution in [3.05, 3.63) is 11.8 Å². The predicted molar refractivity (Wildman–Crippen MR) is 62.8 cm³/mol. The number of hydrogen-bond donors (Lipinski definition) is 0. The summed E-state index contributed by atoms with van der Waals surface area (Å²) in [5.41, 5.74) is 0.339. The van der Waals surface area contributed by atoms with Crippen molar-refractivity contribution < 1.29 is 14.4 Å². The van der Waals surface area contributed by atoms with Crippen molar-refractivity contribution in [2.75, 3.05) is 19.1 Å². The first kappa shape index (κ1) is 11.8. The molecule has 16 heavy (non-hydrogen) atoms. The number of rotatable bonds is 3. The molecule has 1 fully saturated rings. The van der Waals surface area contributed by atoms with Crippen LogP contribution in [0, 0.1) is 0 Å². The van der Waals surface area contributed by atoms with Gasteiger partial charge in [-0.15, -0.1) is 5.06 Å². The first-order valence-electron chi connectivity index (χ1n) is 5.37. The molecule has 90 valence electrons. The van der Waals surface area contributed by atoms with Crippen molar-refractivity contribution in [1.82, 2.24) is 5.06 Å². The van der Waals surface area contributed by atoms with E-state index in [1.54, 1.807) is 18.0 Å². The number of carbonyl (C=O) groups excluding carboxylic acids is 1. The van der Waals surface area contributed by atoms with E-state index < -0.39 is 0 Å². The predicted octanol–water partition coefficient (Wildman–Crippen LogP) is 1.57. The number of esters is 1. The van der Waals surface area contributed by atoms with E-state index in [-0.39, 0.29) is 11.5 Å². The highest BCUT2D eigenvalue weighted by atomic mass is 32.2. The van der Waals surface area contributed by atoms with E-state index in [1.165, 1.54) is 7.11 Å². The van der Waals surface area contributed by atoms with Gasteiger partial charge in [-0.1, -0.05) is 0 Å². The number of hydroxylamine groups is 2. The Morgan fingerprint density at radius 1 is 1.81 bits per heavy atom. The zero-order valence-electron chi connectivity index (χ0n) is 9.86. The third-order valence-corrected chi connectivity index (χ3v) is 4.13. The molecular formula is C11H17NO3S. The van der Waals surface area contributed by atoms with E-state index in [9.17, 15) is 4.79 Å². The molecule has 0 bridgehead atoms. The Kier molecular flexibility index (Phi) is 3.17. The van der Waals surface area contributed by atoms with Crippen molar-refractivity contribution in [3.63, 3.8) is 0 Å². The van der Waals surface area contributed by atoms with Gasteiger partial charge in [-0.05, 0) is 26.0 Å². The maximum atomic E-state index is 11.6. The molecule has 0 saturated carbocycles. The zero-order chi connectivity index (χ0) is 11.8. The maximum Gasteiger partial charge on any atom is 0.338 e. The quantitative estimate of drug-likeness (QED) is 0.704. The summed E-state index contributed by atoms with van der Waals surface area (Å²) in [6.45, 7) is 2.04. The van der Waals surface area contributed by atoms with E-state index >= 15 is 0 Å². The third-order valence-electron chi connectivity index (χ3n) is 3.41. The number of nitrogens with zero attached hydrogens (tertiary/aromatic N) is 1. The highest BCUT2D eigenvalue weighted by molar-refractivity contribution is 7.98. The molecule has 1 saturated heterocycles. The maximum absolute atomic E-state index is 11.6. The number of thioether (sulfide) groups is 1. The molecule has 2 aliphatic heterocycles. The van der Waals surface area contributed by atoms with Gasteiger partial charge in [0.25, 0.3) is 0 Å². The Morgan fingerprint density at radius 3 is 3.19 bits per heavy atom. The standard InChI is InChI=1S/C11H17NO3S/c1-11-5-4-8(7-16-3)12(11)15-6-9(11)10(13)14-2/h6,8H,4-5,7H2,1-3H3/t8-,11-/m1/s1. The van der Waals surface area contributed by atoms with Crippen LogP contribution in [0.5, 0.6) is 0 Å². The smallest absolute Gasteiger partial charge is 0.338 e. The first-order valence-corrected chi connectivity index (χ1v) is 6.77. The Morgan fingerprint density at radius 2 is 2.56 bits per heavy atom. The van der Waals surface area contributed by atoms with Gasteiger partial charge in [0, 0.05) is 5.75 Å². The third kappa shape index (κ3) is 1.62. The topological polar surface area (TPSA) is 38.8 Å². The summed E-state index contributed by atoms with van der Waals surface area (Å²) in [7, 11) is 1.41. The Bertz CT molecular complexity index is 331. The lowest BCUT2D eigenvalue weighted by atomic mass is 9.91. The molecule has 0 amide bonds. The average Bonchev–Trinajstić information content (AvgIpc) is 2.75. The van der Waals surface area contributed by atoms with Gasteiger partial charge < -0.3 is 9.57 Å². The largest absolute Gasteiger partial charge is 0.466 e. The van der Waals surface area contributed by atoms with Crippen LogP contribution in [0.4, 0.5) is 0 Å². The molecule has 2 rings (SSSR count). The lowest BCUT2D eigenvalue weighted by Gasteiger charge is -2.30. The molecule has 5 heteroatoms. The minimum Gasteiger partial charge on any atom is -0.466 e. The van der Waals surface area contributed by atoms with E-state index in [1.807, 2.05) is 12.0 Å². The molecule has 0 aromatic rings. The van der Waals surface area contributed by atoms with Crippen LogP contribution in [-0.2, 0) is 14.4 Å². The number of fused-ring (bicyclic) bond motifs is 1. The van der Waals surface area contributed by atoms with Crippen LogP contribution < -0.4 is 0 Å². The molecule has 4 nitrogen and oxygen atoms in total. The normalized spacial score (nSPS) is 33.2. The summed E-state index contributed by atoms with van der Waals surface area (Å²) in [5, 5.41) is 1.95. The van der Waals surface area contributed by atoms with Gasteiger partial charge in [0.2, 0.25) is 0 Å². The average molecular weight is 243 g/mol. The highest BCUT2D eigenvalue weighted by Crippen LogP contribution is 2.44. The van der Waals surface area contributed by atoms with E-state index in [0.717, 1.165) is 18.6 Å². The van der Waals surface area contributed by atoms with Crippen LogP contribution in [0.15, 0.2) is 11.8 Å². The summed E-state index contributed by atoms with van der Waals surface area (Å²) in [6, 6.07) is 0.387. The number of methoxy groups -OCH3 is 1. The number of carbonyl (C=O) groups is 1. The van der Waals surface area contributed by atoms with Crippen LogP contribution in [-0.4, -0.2) is 41.7 Å². The molecule has 0 unspecified atom stereocenters. The molecule has 0 N–H and O–H groups in total. The highest BCUT2D eigenvalue weighted by Gasteiger charge is 2.52. The van der Waals surface area contributed by atoms with Crippen LogP contribution in [0.25, 0.3) is 0 Å². The fourth-order valence-corrected chi connectivity index (χ4v) is 3.18. The number of ether oxygens (including phenoxy) is 1.